The van der Waals surface area contributed by atoms with Gasteiger partial charge in [-0.25, -0.2) is 0 Å². The molecule has 2 aromatic carbocycles. The van der Waals surface area contributed by atoms with Crippen molar-refractivity contribution in [1.29, 1.82) is 0 Å². The van der Waals surface area contributed by atoms with Gasteiger partial charge in [-0.15, -0.1) is 11.8 Å². The van der Waals surface area contributed by atoms with Crippen LogP contribution in [0.3, 0.4) is 0 Å². The molecule has 3 amide bonds. The number of ether oxygens (including phenoxy) is 2. The van der Waals surface area contributed by atoms with Gasteiger partial charge in [-0.3, -0.25) is 28.6 Å². The Labute approximate surface area is 269 Å². The van der Waals surface area contributed by atoms with Gasteiger partial charge in [0.1, 0.15) is 6.54 Å². The Bertz CT molecular complexity index is 1750. The highest BCUT2D eigenvalue weighted by Crippen LogP contribution is 2.69. The second kappa shape index (κ2) is 11.0. The number of carbonyl (C=O) groups is 3. The molecular formula is C34H35N3O6S2. The molecule has 2 bridgehead atoms. The third kappa shape index (κ3) is 4.33. The minimum Gasteiger partial charge on any atom is -0.493 e. The van der Waals surface area contributed by atoms with E-state index in [0.717, 1.165) is 54.2 Å². The monoisotopic (exact) mass is 645 g/mol. The number of hydrogen-bond acceptors (Lipinski definition) is 8. The smallest absolute Gasteiger partial charge is 0.308 e. The minimum atomic E-state index is -0.381. The maximum absolute atomic E-state index is 14.0. The summed E-state index contributed by atoms with van der Waals surface area (Å²) in [5.41, 5.74) is 1.61. The van der Waals surface area contributed by atoms with Gasteiger partial charge >= 0.3 is 4.87 Å². The van der Waals surface area contributed by atoms with Gasteiger partial charge in [0.15, 0.2) is 11.5 Å². The third-order valence-corrected chi connectivity index (χ3v) is 13.5. The Morgan fingerprint density at radius 3 is 2.31 bits per heavy atom. The van der Waals surface area contributed by atoms with Gasteiger partial charge in [0.2, 0.25) is 17.7 Å². The molecule has 45 heavy (non-hydrogen) atoms. The number of methoxy groups -OCH3 is 2. The molecule has 0 radical (unpaired) electrons. The zero-order valence-electron chi connectivity index (χ0n) is 25.2. The SMILES string of the molecule is COc1ccc(C2c3sc(=O)n(CC(=O)N4CCCCC4)c3SC3C4CC(C5C(=O)N(c6ccccc6)C(=O)C45)C23)cc1OC. The van der Waals surface area contributed by atoms with Crippen LogP contribution in [0.15, 0.2) is 58.4 Å². The Hall–Kier alpha value is -3.57. The van der Waals surface area contributed by atoms with Crippen LogP contribution in [0.25, 0.3) is 0 Å². The summed E-state index contributed by atoms with van der Waals surface area (Å²) in [6.07, 6.45) is 3.89. The zero-order chi connectivity index (χ0) is 31.0. The summed E-state index contributed by atoms with van der Waals surface area (Å²) in [4.78, 5) is 59.2. The van der Waals surface area contributed by atoms with Crippen LogP contribution in [0.1, 0.15) is 42.0 Å². The van der Waals surface area contributed by atoms with E-state index in [2.05, 4.69) is 0 Å². The van der Waals surface area contributed by atoms with Crippen molar-refractivity contribution in [3.05, 3.63) is 68.6 Å². The highest BCUT2D eigenvalue weighted by molar-refractivity contribution is 8.00. The quantitative estimate of drug-likeness (QED) is 0.361. The van der Waals surface area contributed by atoms with Crippen LogP contribution in [0.5, 0.6) is 11.5 Å². The predicted molar refractivity (Wildman–Crippen MR) is 171 cm³/mol. The van der Waals surface area contributed by atoms with Crippen molar-refractivity contribution in [2.45, 2.75) is 48.4 Å². The first kappa shape index (κ1) is 28.9. The van der Waals surface area contributed by atoms with E-state index in [-0.39, 0.29) is 69.9 Å². The topological polar surface area (TPSA) is 98.1 Å². The number of para-hydroxylation sites is 1. The van der Waals surface area contributed by atoms with E-state index < -0.39 is 0 Å². The molecular weight excluding hydrogens is 611 g/mol. The summed E-state index contributed by atoms with van der Waals surface area (Å²) in [5.74, 6) is 0.0686. The van der Waals surface area contributed by atoms with E-state index in [9.17, 15) is 19.2 Å². The van der Waals surface area contributed by atoms with Crippen LogP contribution in [-0.2, 0) is 20.9 Å². The number of piperidine rings is 1. The van der Waals surface area contributed by atoms with Crippen molar-refractivity contribution in [2.75, 3.05) is 32.2 Å². The van der Waals surface area contributed by atoms with Crippen LogP contribution in [0, 0.1) is 29.6 Å². The molecule has 2 saturated heterocycles. The van der Waals surface area contributed by atoms with E-state index in [4.69, 9.17) is 9.47 Å². The summed E-state index contributed by atoms with van der Waals surface area (Å²) in [7, 11) is 3.21. The number of likely N-dealkylation sites (tertiary alicyclic amines) is 1. The van der Waals surface area contributed by atoms with Crippen molar-refractivity contribution in [2.24, 2.45) is 29.6 Å². The number of nitrogens with zero attached hydrogens (tertiary/aromatic N) is 3. The molecule has 7 unspecified atom stereocenters. The first-order chi connectivity index (χ1) is 21.9. The molecule has 234 valence electrons. The van der Waals surface area contributed by atoms with E-state index >= 15 is 0 Å². The molecule has 2 aliphatic carbocycles. The summed E-state index contributed by atoms with van der Waals surface area (Å²) < 4.78 is 12.9. The Morgan fingerprint density at radius 2 is 1.60 bits per heavy atom. The summed E-state index contributed by atoms with van der Waals surface area (Å²) in [6.45, 7) is 1.48. The molecule has 0 spiro atoms. The molecule has 7 atom stereocenters. The average molecular weight is 646 g/mol. The summed E-state index contributed by atoms with van der Waals surface area (Å²) in [6, 6.07) is 15.1. The lowest BCUT2D eigenvalue weighted by Gasteiger charge is -2.43. The molecule has 5 aliphatic rings. The maximum atomic E-state index is 14.0. The number of fused-ring (bicyclic) bond motifs is 9. The van der Waals surface area contributed by atoms with Gasteiger partial charge in [0.05, 0.1) is 36.8 Å². The molecule has 9 nitrogen and oxygen atoms in total. The fraction of sp³-hybridized carbons (Fsp3) is 0.471. The minimum absolute atomic E-state index is 0.00259. The number of hydrogen-bond donors (Lipinski definition) is 0. The van der Waals surface area contributed by atoms with Gasteiger partial charge < -0.3 is 14.4 Å². The molecule has 1 aromatic heterocycles. The molecule has 4 fully saturated rings. The van der Waals surface area contributed by atoms with Crippen LogP contribution in [0.4, 0.5) is 5.69 Å². The van der Waals surface area contributed by atoms with Gasteiger partial charge in [-0.2, -0.15) is 0 Å². The van der Waals surface area contributed by atoms with E-state index in [0.29, 0.717) is 17.2 Å². The van der Waals surface area contributed by atoms with Gasteiger partial charge in [0, 0.05) is 29.1 Å². The fourth-order valence-corrected chi connectivity index (χ4v) is 12.0. The molecule has 11 heteroatoms. The average Bonchev–Trinajstić information content (AvgIpc) is 3.79. The number of anilines is 1. The largest absolute Gasteiger partial charge is 0.493 e. The highest BCUT2D eigenvalue weighted by Gasteiger charge is 2.69. The van der Waals surface area contributed by atoms with Crippen LogP contribution >= 0.6 is 23.1 Å². The van der Waals surface area contributed by atoms with E-state index in [1.54, 1.807) is 30.5 Å². The van der Waals surface area contributed by atoms with Crippen molar-refractivity contribution in [3.63, 3.8) is 0 Å². The van der Waals surface area contributed by atoms with Gasteiger partial charge in [-0.05, 0) is 73.3 Å². The van der Waals surface area contributed by atoms with Gasteiger partial charge in [-0.1, -0.05) is 35.6 Å². The number of imide groups is 1. The van der Waals surface area contributed by atoms with E-state index in [1.165, 1.54) is 16.2 Å². The van der Waals surface area contributed by atoms with Crippen LogP contribution < -0.4 is 19.2 Å². The highest BCUT2D eigenvalue weighted by atomic mass is 32.2. The zero-order valence-corrected chi connectivity index (χ0v) is 26.9. The second-order valence-electron chi connectivity index (χ2n) is 12.8. The molecule has 3 aliphatic heterocycles. The van der Waals surface area contributed by atoms with Gasteiger partial charge in [0.25, 0.3) is 0 Å². The molecule has 8 rings (SSSR count). The fourth-order valence-electron chi connectivity index (χ4n) is 8.88. The number of thiazole rings is 1. The Kier molecular flexibility index (Phi) is 7.09. The number of thioether (sulfide) groups is 1. The van der Waals surface area contributed by atoms with Crippen molar-refractivity contribution < 1.29 is 23.9 Å². The first-order valence-electron chi connectivity index (χ1n) is 15.7. The number of aromatic nitrogens is 1. The number of amides is 3. The normalized spacial score (nSPS) is 29.9. The lowest BCUT2D eigenvalue weighted by Crippen LogP contribution is -2.43. The molecule has 2 saturated carbocycles. The standard InChI is InChI=1S/C34H35N3O6S2/c1-42-22-12-11-18(15-23(22)43-2)25-26-20-16-21(28-27(20)31(39)37(32(28)40)19-9-5-3-6-10-19)29(26)44-33-30(25)45-34(41)36(33)17-24(38)35-13-7-4-8-14-35/h3,5-6,9-12,15,20-21,25-29H,4,7-8,13-14,16-17H2,1-2H3. The first-order valence-corrected chi connectivity index (χ1v) is 17.4. The predicted octanol–water partition coefficient (Wildman–Crippen LogP) is 4.62. The van der Waals surface area contributed by atoms with E-state index in [1.807, 2.05) is 53.4 Å². The number of rotatable bonds is 6. The number of carbonyl (C=O) groups excluding carboxylic acids is 3. The van der Waals surface area contributed by atoms with Crippen molar-refractivity contribution in [1.82, 2.24) is 9.47 Å². The maximum Gasteiger partial charge on any atom is 0.308 e. The van der Waals surface area contributed by atoms with Crippen molar-refractivity contribution >= 4 is 46.5 Å². The van der Waals surface area contributed by atoms with Crippen LogP contribution in [-0.4, -0.2) is 59.7 Å². The van der Waals surface area contributed by atoms with Crippen molar-refractivity contribution in [3.8, 4) is 11.5 Å². The molecule has 3 aromatic rings. The number of benzene rings is 2. The third-order valence-electron chi connectivity index (χ3n) is 10.7. The summed E-state index contributed by atoms with van der Waals surface area (Å²) >= 11 is 2.87. The Balaban J connectivity index is 1.22. The van der Waals surface area contributed by atoms with Crippen LogP contribution in [0.2, 0.25) is 0 Å². The lowest BCUT2D eigenvalue weighted by molar-refractivity contribution is -0.133. The second-order valence-corrected chi connectivity index (χ2v) is 14.9. The summed E-state index contributed by atoms with van der Waals surface area (Å²) in [5, 5.41) is 0.858. The molecule has 0 N–H and O–H groups in total. The molecule has 4 heterocycles. The lowest BCUT2D eigenvalue weighted by atomic mass is 9.68. The Morgan fingerprint density at radius 1 is 0.889 bits per heavy atom.